The number of esters is 1. The molecule has 1 amide bonds. The number of hydrogen-bond acceptors (Lipinski definition) is 7. The fraction of sp³-hybridized carbons (Fsp3) is 0.400. The highest BCUT2D eigenvalue weighted by Gasteiger charge is 2.18. The number of anilines is 2. The minimum absolute atomic E-state index is 0.103. The zero-order valence-electron chi connectivity index (χ0n) is 19.9. The molecule has 0 aliphatic carbocycles. The van der Waals surface area contributed by atoms with Gasteiger partial charge in [-0.15, -0.1) is 0 Å². The molecule has 0 spiro atoms. The first-order chi connectivity index (χ1) is 16.5. The Kier molecular flexibility index (Phi) is 7.20. The monoisotopic (exact) mass is 462 g/mol. The number of benzene rings is 1. The minimum atomic E-state index is -0.375. The Morgan fingerprint density at radius 1 is 1.06 bits per heavy atom. The highest BCUT2D eigenvalue weighted by atomic mass is 16.5. The molecule has 4 rings (SSSR count). The average Bonchev–Trinajstić information content (AvgIpc) is 3.47. The molecule has 0 atom stereocenters. The summed E-state index contributed by atoms with van der Waals surface area (Å²) in [5.74, 6) is 1.17. The Morgan fingerprint density at radius 2 is 1.76 bits per heavy atom. The number of carbonyl (C=O) groups excluding carboxylic acids is 2. The van der Waals surface area contributed by atoms with Crippen LogP contribution in [0.3, 0.4) is 0 Å². The number of hydrogen-bond donors (Lipinski definition) is 1. The molecular weight excluding hydrogens is 432 g/mol. The molecule has 1 aromatic carbocycles. The number of nitrogens with zero attached hydrogens (tertiary/aromatic N) is 5. The van der Waals surface area contributed by atoms with Gasteiger partial charge >= 0.3 is 5.97 Å². The van der Waals surface area contributed by atoms with E-state index in [1.807, 2.05) is 24.6 Å². The summed E-state index contributed by atoms with van der Waals surface area (Å²) in [5.41, 5.74) is 3.98. The Labute approximate surface area is 199 Å². The van der Waals surface area contributed by atoms with E-state index in [1.54, 1.807) is 37.5 Å². The lowest BCUT2D eigenvalue weighted by Crippen LogP contribution is -2.19. The molecule has 2 aromatic heterocycles. The van der Waals surface area contributed by atoms with Crippen molar-refractivity contribution in [2.45, 2.75) is 46.5 Å². The number of ether oxygens (including phenoxy) is 1. The van der Waals surface area contributed by atoms with Crippen LogP contribution in [0.1, 0.15) is 53.5 Å². The van der Waals surface area contributed by atoms with E-state index in [1.165, 1.54) is 12.8 Å². The van der Waals surface area contributed by atoms with Crippen LogP contribution in [0.25, 0.3) is 5.82 Å². The highest BCUT2D eigenvalue weighted by molar-refractivity contribution is 5.93. The fourth-order valence-corrected chi connectivity index (χ4v) is 4.20. The van der Waals surface area contributed by atoms with Crippen LogP contribution in [-0.2, 0) is 16.0 Å². The standard InChI is InChI=1S/C25H30N6O3/c1-4-34-25(33)19-7-9-20(10-8-19)28-24(32)12-11-21-17(2)29-31(18(21)3)23-15-22(26-16-27-23)30-13-5-6-14-30/h7-10,15-16H,4-6,11-14H2,1-3H3,(H,28,32). The predicted molar refractivity (Wildman–Crippen MR) is 129 cm³/mol. The summed E-state index contributed by atoms with van der Waals surface area (Å²) in [7, 11) is 0. The van der Waals surface area contributed by atoms with Crippen LogP contribution in [0.2, 0.25) is 0 Å². The molecule has 0 saturated carbocycles. The molecule has 3 heterocycles. The number of nitrogens with one attached hydrogen (secondary N) is 1. The van der Waals surface area contributed by atoms with Gasteiger partial charge in [-0.3, -0.25) is 4.79 Å². The lowest BCUT2D eigenvalue weighted by molar-refractivity contribution is -0.116. The maximum absolute atomic E-state index is 12.5. The summed E-state index contributed by atoms with van der Waals surface area (Å²) in [6.07, 6.45) is 4.83. The van der Waals surface area contributed by atoms with Gasteiger partial charge in [0.15, 0.2) is 5.82 Å². The van der Waals surface area contributed by atoms with Crippen LogP contribution in [0, 0.1) is 13.8 Å². The van der Waals surface area contributed by atoms with Crippen molar-refractivity contribution >= 4 is 23.4 Å². The number of carbonyl (C=O) groups is 2. The summed E-state index contributed by atoms with van der Waals surface area (Å²) >= 11 is 0. The first kappa shape index (κ1) is 23.4. The molecule has 1 saturated heterocycles. The first-order valence-corrected chi connectivity index (χ1v) is 11.7. The van der Waals surface area contributed by atoms with Crippen LogP contribution >= 0.6 is 0 Å². The van der Waals surface area contributed by atoms with Gasteiger partial charge in [0.05, 0.1) is 17.9 Å². The molecule has 0 bridgehead atoms. The minimum Gasteiger partial charge on any atom is -0.462 e. The largest absolute Gasteiger partial charge is 0.462 e. The Balaban J connectivity index is 1.40. The van der Waals surface area contributed by atoms with E-state index in [-0.39, 0.29) is 11.9 Å². The number of rotatable bonds is 8. The molecule has 0 radical (unpaired) electrons. The van der Waals surface area contributed by atoms with Gasteiger partial charge in [-0.05, 0) is 69.9 Å². The lowest BCUT2D eigenvalue weighted by atomic mass is 10.1. The van der Waals surface area contributed by atoms with E-state index < -0.39 is 0 Å². The first-order valence-electron chi connectivity index (χ1n) is 11.7. The van der Waals surface area contributed by atoms with E-state index in [2.05, 4.69) is 25.3 Å². The van der Waals surface area contributed by atoms with Gasteiger partial charge in [0, 0.05) is 37.0 Å². The van der Waals surface area contributed by atoms with Crippen LogP contribution in [0.15, 0.2) is 36.7 Å². The molecule has 1 fully saturated rings. The van der Waals surface area contributed by atoms with E-state index in [0.29, 0.717) is 30.7 Å². The third-order valence-corrected chi connectivity index (χ3v) is 6.01. The maximum atomic E-state index is 12.5. The zero-order valence-corrected chi connectivity index (χ0v) is 19.9. The summed E-state index contributed by atoms with van der Waals surface area (Å²) in [5, 5.41) is 7.57. The molecule has 9 heteroatoms. The van der Waals surface area contributed by atoms with Crippen molar-refractivity contribution in [3.05, 3.63) is 59.2 Å². The van der Waals surface area contributed by atoms with Gasteiger partial charge in [0.1, 0.15) is 12.1 Å². The molecule has 9 nitrogen and oxygen atoms in total. The van der Waals surface area contributed by atoms with Gasteiger partial charge in [-0.25, -0.2) is 19.4 Å². The van der Waals surface area contributed by atoms with E-state index in [4.69, 9.17) is 4.74 Å². The van der Waals surface area contributed by atoms with Gasteiger partial charge in [0.25, 0.3) is 0 Å². The fourth-order valence-electron chi connectivity index (χ4n) is 4.20. The van der Waals surface area contributed by atoms with Gasteiger partial charge in [-0.1, -0.05) is 0 Å². The van der Waals surface area contributed by atoms with E-state index in [0.717, 1.165) is 41.7 Å². The quantitative estimate of drug-likeness (QED) is 0.510. The Bertz CT molecular complexity index is 1170. The van der Waals surface area contributed by atoms with Crippen LogP contribution < -0.4 is 10.2 Å². The van der Waals surface area contributed by atoms with Crippen LogP contribution in [0.5, 0.6) is 0 Å². The van der Waals surface area contributed by atoms with Crippen molar-refractivity contribution in [1.29, 1.82) is 0 Å². The number of aromatic nitrogens is 4. The average molecular weight is 463 g/mol. The molecule has 34 heavy (non-hydrogen) atoms. The third kappa shape index (κ3) is 5.24. The van der Waals surface area contributed by atoms with Crippen molar-refractivity contribution in [3.8, 4) is 5.82 Å². The second-order valence-corrected chi connectivity index (χ2v) is 8.34. The predicted octanol–water partition coefficient (Wildman–Crippen LogP) is 3.63. The van der Waals surface area contributed by atoms with Gasteiger partial charge in [-0.2, -0.15) is 5.10 Å². The Morgan fingerprint density at radius 3 is 2.47 bits per heavy atom. The molecule has 3 aromatic rings. The molecule has 178 valence electrons. The highest BCUT2D eigenvalue weighted by Crippen LogP contribution is 2.22. The second kappa shape index (κ2) is 10.5. The van der Waals surface area contributed by atoms with Crippen molar-refractivity contribution in [3.63, 3.8) is 0 Å². The van der Waals surface area contributed by atoms with Crippen LogP contribution in [0.4, 0.5) is 11.5 Å². The van der Waals surface area contributed by atoms with E-state index >= 15 is 0 Å². The van der Waals surface area contributed by atoms with Crippen molar-refractivity contribution in [1.82, 2.24) is 19.7 Å². The van der Waals surface area contributed by atoms with Gasteiger partial charge in [0.2, 0.25) is 5.91 Å². The molecule has 1 N–H and O–H groups in total. The SMILES string of the molecule is CCOC(=O)c1ccc(NC(=O)CCc2c(C)nn(-c3cc(N4CCCC4)ncn3)c2C)cc1. The van der Waals surface area contributed by atoms with Gasteiger partial charge < -0.3 is 15.0 Å². The Hall–Kier alpha value is -3.75. The smallest absolute Gasteiger partial charge is 0.338 e. The topological polar surface area (TPSA) is 102 Å². The van der Waals surface area contributed by atoms with Crippen LogP contribution in [-0.4, -0.2) is 51.3 Å². The summed E-state index contributed by atoms with van der Waals surface area (Å²) in [6, 6.07) is 8.66. The summed E-state index contributed by atoms with van der Waals surface area (Å²) in [4.78, 5) is 35.4. The molecular formula is C25H30N6O3. The maximum Gasteiger partial charge on any atom is 0.338 e. The molecule has 0 unspecified atom stereocenters. The normalized spacial score (nSPS) is 13.2. The summed E-state index contributed by atoms with van der Waals surface area (Å²) < 4.78 is 6.81. The third-order valence-electron chi connectivity index (χ3n) is 6.01. The molecule has 1 aliphatic rings. The summed E-state index contributed by atoms with van der Waals surface area (Å²) in [6.45, 7) is 8.06. The second-order valence-electron chi connectivity index (χ2n) is 8.34. The number of amides is 1. The zero-order chi connectivity index (χ0) is 24.1. The molecule has 1 aliphatic heterocycles. The van der Waals surface area contributed by atoms with Crippen molar-refractivity contribution in [2.75, 3.05) is 29.9 Å². The lowest BCUT2D eigenvalue weighted by Gasteiger charge is -2.16. The van der Waals surface area contributed by atoms with Crippen molar-refractivity contribution in [2.24, 2.45) is 0 Å². The number of aryl methyl sites for hydroxylation is 1. The van der Waals surface area contributed by atoms with Crippen molar-refractivity contribution < 1.29 is 14.3 Å². The van der Waals surface area contributed by atoms with E-state index in [9.17, 15) is 9.59 Å².